The van der Waals surface area contributed by atoms with Crippen LogP contribution in [0.2, 0.25) is 5.02 Å². The summed E-state index contributed by atoms with van der Waals surface area (Å²) < 4.78 is 7.47. The zero-order valence-corrected chi connectivity index (χ0v) is 20.1. The van der Waals surface area contributed by atoms with Gasteiger partial charge in [-0.05, 0) is 43.9 Å². The summed E-state index contributed by atoms with van der Waals surface area (Å²) >= 11 is 6.49. The van der Waals surface area contributed by atoms with Gasteiger partial charge in [0.1, 0.15) is 17.3 Å². The third-order valence-electron chi connectivity index (χ3n) is 5.78. The molecule has 4 heterocycles. The van der Waals surface area contributed by atoms with Crippen LogP contribution < -0.4 is 5.32 Å². The molecule has 0 radical (unpaired) electrons. The number of fused-ring (bicyclic) bond motifs is 1. The van der Waals surface area contributed by atoms with Crippen LogP contribution in [0.5, 0.6) is 0 Å². The highest BCUT2D eigenvalue weighted by Crippen LogP contribution is 2.39. The normalized spacial score (nSPS) is 15.1. The second-order valence-corrected chi connectivity index (χ2v) is 9.47. The molecule has 0 aliphatic carbocycles. The van der Waals surface area contributed by atoms with Crippen LogP contribution in [0.1, 0.15) is 50.7 Å². The van der Waals surface area contributed by atoms with Crippen molar-refractivity contribution >= 4 is 29.1 Å². The van der Waals surface area contributed by atoms with E-state index in [1.807, 2.05) is 36.0 Å². The van der Waals surface area contributed by atoms with Crippen LogP contribution >= 0.6 is 11.6 Å². The van der Waals surface area contributed by atoms with Crippen molar-refractivity contribution in [3.05, 3.63) is 65.3 Å². The fourth-order valence-corrected chi connectivity index (χ4v) is 4.26. The zero-order chi connectivity index (χ0) is 23.8. The van der Waals surface area contributed by atoms with Crippen LogP contribution in [-0.4, -0.2) is 32.3 Å². The number of anilines is 1. The third kappa shape index (κ3) is 4.78. The van der Waals surface area contributed by atoms with E-state index >= 15 is 0 Å². The topological polar surface area (TPSA) is 81.9 Å². The predicted octanol–water partition coefficient (Wildman–Crippen LogP) is 5.33. The monoisotopic (exact) mass is 465 g/mol. The SMILES string of the molecule is C=C(OCC)c1cccc(C(C)C(=O)Nc2cc(-c3cnn4c3CC(C)(C)C4)c(Cl)cn2)n1. The van der Waals surface area contributed by atoms with E-state index in [0.29, 0.717) is 34.6 Å². The van der Waals surface area contributed by atoms with E-state index in [-0.39, 0.29) is 11.3 Å². The van der Waals surface area contributed by atoms with Gasteiger partial charge >= 0.3 is 0 Å². The molecule has 0 fully saturated rings. The van der Waals surface area contributed by atoms with E-state index in [1.165, 1.54) is 0 Å². The van der Waals surface area contributed by atoms with E-state index in [4.69, 9.17) is 16.3 Å². The quantitative estimate of drug-likeness (QED) is 0.477. The molecule has 1 aliphatic rings. The number of ether oxygens (including phenoxy) is 1. The van der Waals surface area contributed by atoms with E-state index < -0.39 is 5.92 Å². The van der Waals surface area contributed by atoms with Crippen LogP contribution in [0.25, 0.3) is 16.9 Å². The summed E-state index contributed by atoms with van der Waals surface area (Å²) in [7, 11) is 0. The van der Waals surface area contributed by atoms with Gasteiger partial charge in [-0.1, -0.05) is 38.1 Å². The molecule has 1 amide bonds. The molecule has 4 rings (SSSR count). The Hall–Kier alpha value is -3.19. The highest BCUT2D eigenvalue weighted by molar-refractivity contribution is 6.33. The van der Waals surface area contributed by atoms with Gasteiger partial charge in [0, 0.05) is 29.6 Å². The number of amides is 1. The summed E-state index contributed by atoms with van der Waals surface area (Å²) in [5.74, 6) is 0.191. The molecule has 0 bridgehead atoms. The van der Waals surface area contributed by atoms with Gasteiger partial charge in [0.2, 0.25) is 5.91 Å². The average molecular weight is 466 g/mol. The Balaban J connectivity index is 1.55. The van der Waals surface area contributed by atoms with Crippen molar-refractivity contribution in [2.45, 2.75) is 46.6 Å². The highest BCUT2D eigenvalue weighted by atomic mass is 35.5. The van der Waals surface area contributed by atoms with E-state index in [9.17, 15) is 4.79 Å². The molecule has 1 atom stereocenters. The van der Waals surface area contributed by atoms with Crippen molar-refractivity contribution in [1.29, 1.82) is 0 Å². The number of halogens is 1. The molecule has 0 saturated heterocycles. The first-order valence-corrected chi connectivity index (χ1v) is 11.4. The van der Waals surface area contributed by atoms with Gasteiger partial charge in [0.05, 0.1) is 29.4 Å². The van der Waals surface area contributed by atoms with Crippen molar-refractivity contribution in [2.24, 2.45) is 5.41 Å². The van der Waals surface area contributed by atoms with Gasteiger partial charge < -0.3 is 10.1 Å². The summed E-state index contributed by atoms with van der Waals surface area (Å²) in [6.07, 6.45) is 4.31. The maximum atomic E-state index is 13.0. The lowest BCUT2D eigenvalue weighted by Crippen LogP contribution is -2.20. The zero-order valence-electron chi connectivity index (χ0n) is 19.4. The smallest absolute Gasteiger partial charge is 0.234 e. The largest absolute Gasteiger partial charge is 0.492 e. The number of carbonyl (C=O) groups is 1. The van der Waals surface area contributed by atoms with Crippen molar-refractivity contribution in [2.75, 3.05) is 11.9 Å². The lowest BCUT2D eigenvalue weighted by atomic mass is 9.89. The number of carbonyl (C=O) groups excluding carboxylic acids is 1. The molecule has 0 saturated carbocycles. The molecule has 1 N–H and O–H groups in total. The number of nitrogens with zero attached hydrogens (tertiary/aromatic N) is 4. The molecule has 1 aliphatic heterocycles. The molecule has 172 valence electrons. The average Bonchev–Trinajstić information content (AvgIpc) is 3.29. The maximum Gasteiger partial charge on any atom is 0.234 e. The predicted molar refractivity (Wildman–Crippen MR) is 130 cm³/mol. The van der Waals surface area contributed by atoms with Gasteiger partial charge in [-0.15, -0.1) is 0 Å². The van der Waals surface area contributed by atoms with Gasteiger partial charge in [-0.2, -0.15) is 5.10 Å². The first kappa shape index (κ1) is 23.0. The molecule has 3 aromatic rings. The first-order chi connectivity index (χ1) is 15.7. The molecular formula is C25H28ClN5O2. The number of rotatable bonds is 7. The Kier molecular flexibility index (Phi) is 6.26. The second kappa shape index (κ2) is 8.98. The highest BCUT2D eigenvalue weighted by Gasteiger charge is 2.32. The number of hydrogen-bond acceptors (Lipinski definition) is 5. The molecule has 0 aromatic carbocycles. The van der Waals surface area contributed by atoms with Gasteiger partial charge in [-0.3, -0.25) is 9.48 Å². The minimum absolute atomic E-state index is 0.152. The number of pyridine rings is 2. The Morgan fingerprint density at radius 3 is 2.88 bits per heavy atom. The maximum absolute atomic E-state index is 13.0. The van der Waals surface area contributed by atoms with Crippen molar-refractivity contribution in [3.63, 3.8) is 0 Å². The van der Waals surface area contributed by atoms with E-state index in [2.05, 4.69) is 40.8 Å². The standard InChI is InChI=1S/C25H28ClN5O2/c1-6-33-16(3)21-9-7-8-20(29-21)15(2)24(32)30-23-10-17(19(26)13-27-23)18-12-28-31-14-25(4,5)11-22(18)31/h7-10,12-13,15H,3,6,11,14H2,1-2,4-5H3,(H,27,30,32). The summed E-state index contributed by atoms with van der Waals surface area (Å²) in [5.41, 5.74) is 4.31. The molecule has 3 aromatic heterocycles. The molecule has 0 spiro atoms. The molecule has 8 heteroatoms. The number of nitrogens with one attached hydrogen (secondary N) is 1. The molecule has 1 unspecified atom stereocenters. The molecule has 33 heavy (non-hydrogen) atoms. The number of aromatic nitrogens is 4. The van der Waals surface area contributed by atoms with Crippen molar-refractivity contribution < 1.29 is 9.53 Å². The summed E-state index contributed by atoms with van der Waals surface area (Å²) in [5, 5.41) is 7.95. The van der Waals surface area contributed by atoms with Crippen molar-refractivity contribution in [1.82, 2.24) is 19.7 Å². The van der Waals surface area contributed by atoms with Crippen LogP contribution in [0.3, 0.4) is 0 Å². The number of hydrogen-bond donors (Lipinski definition) is 1. The second-order valence-electron chi connectivity index (χ2n) is 9.07. The fraction of sp³-hybridized carbons (Fsp3) is 0.360. The summed E-state index contributed by atoms with van der Waals surface area (Å²) in [6, 6.07) is 7.26. The minimum atomic E-state index is -0.499. The Labute approximate surface area is 198 Å². The van der Waals surface area contributed by atoms with E-state index in [1.54, 1.807) is 19.2 Å². The Bertz CT molecular complexity index is 1220. The molecular weight excluding hydrogens is 438 g/mol. The van der Waals surface area contributed by atoms with Crippen LogP contribution in [0, 0.1) is 5.41 Å². The van der Waals surface area contributed by atoms with E-state index in [0.717, 1.165) is 29.8 Å². The minimum Gasteiger partial charge on any atom is -0.492 e. The lowest BCUT2D eigenvalue weighted by Gasteiger charge is -2.15. The van der Waals surface area contributed by atoms with Crippen molar-refractivity contribution in [3.8, 4) is 11.1 Å². The Morgan fingerprint density at radius 2 is 2.12 bits per heavy atom. The van der Waals surface area contributed by atoms with Gasteiger partial charge in [-0.25, -0.2) is 9.97 Å². The van der Waals surface area contributed by atoms with Crippen LogP contribution in [0.15, 0.2) is 43.2 Å². The van der Waals surface area contributed by atoms with Gasteiger partial charge in [0.25, 0.3) is 0 Å². The van der Waals surface area contributed by atoms with Crippen LogP contribution in [-0.2, 0) is 22.5 Å². The fourth-order valence-electron chi connectivity index (χ4n) is 4.05. The first-order valence-electron chi connectivity index (χ1n) is 11.0. The lowest BCUT2D eigenvalue weighted by molar-refractivity contribution is -0.117. The summed E-state index contributed by atoms with van der Waals surface area (Å²) in [6.45, 7) is 13.4. The van der Waals surface area contributed by atoms with Gasteiger partial charge in [0.15, 0.2) is 0 Å². The molecule has 7 nitrogen and oxygen atoms in total. The third-order valence-corrected chi connectivity index (χ3v) is 6.08. The summed E-state index contributed by atoms with van der Waals surface area (Å²) in [4.78, 5) is 21.8. The van der Waals surface area contributed by atoms with Crippen LogP contribution in [0.4, 0.5) is 5.82 Å². The Morgan fingerprint density at radius 1 is 1.33 bits per heavy atom.